The van der Waals surface area contributed by atoms with E-state index in [1.54, 1.807) is 24.4 Å². The van der Waals surface area contributed by atoms with E-state index in [9.17, 15) is 13.6 Å². The third-order valence-electron chi connectivity index (χ3n) is 4.51. The largest absolute Gasteiger partial charge is 0.344 e. The van der Waals surface area contributed by atoms with Crippen molar-refractivity contribution in [3.05, 3.63) is 90.0 Å². The minimum atomic E-state index is -0.739. The zero-order chi connectivity index (χ0) is 21.1. The minimum Gasteiger partial charge on any atom is -0.344 e. The molecule has 0 spiro atoms. The van der Waals surface area contributed by atoms with Crippen molar-refractivity contribution in [1.82, 2.24) is 30.5 Å². The van der Waals surface area contributed by atoms with Gasteiger partial charge in [0.15, 0.2) is 0 Å². The summed E-state index contributed by atoms with van der Waals surface area (Å²) < 4.78 is 29.1. The molecule has 4 aromatic rings. The molecule has 0 bridgehead atoms. The van der Waals surface area contributed by atoms with Crippen LogP contribution in [0.4, 0.5) is 8.78 Å². The van der Waals surface area contributed by atoms with Crippen molar-refractivity contribution < 1.29 is 13.6 Å². The highest BCUT2D eigenvalue weighted by atomic mass is 19.1. The number of nitrogens with one attached hydrogen (secondary N) is 1. The van der Waals surface area contributed by atoms with Crippen molar-refractivity contribution in [3.8, 4) is 16.8 Å². The van der Waals surface area contributed by atoms with Gasteiger partial charge in [0.2, 0.25) is 0 Å². The molecule has 0 saturated carbocycles. The number of nitrogens with zero attached hydrogens (tertiary/aromatic N) is 5. The predicted molar refractivity (Wildman–Crippen MR) is 105 cm³/mol. The molecule has 4 rings (SSSR count). The lowest BCUT2D eigenvalue weighted by atomic mass is 10.0. The van der Waals surface area contributed by atoms with Gasteiger partial charge >= 0.3 is 0 Å². The fourth-order valence-electron chi connectivity index (χ4n) is 3.02. The van der Waals surface area contributed by atoms with Gasteiger partial charge in [-0.05, 0) is 65.4 Å². The summed E-state index contributed by atoms with van der Waals surface area (Å²) in [5.41, 5.74) is 1.96. The van der Waals surface area contributed by atoms with E-state index >= 15 is 0 Å². The summed E-state index contributed by atoms with van der Waals surface area (Å²) in [6, 6.07) is 13.1. The lowest BCUT2D eigenvalue weighted by molar-refractivity contribution is 0.0939. The normalized spacial score (nSPS) is 11.8. The monoisotopic (exact) mass is 406 g/mol. The van der Waals surface area contributed by atoms with E-state index < -0.39 is 11.6 Å². The van der Waals surface area contributed by atoms with E-state index in [0.717, 1.165) is 12.1 Å². The summed E-state index contributed by atoms with van der Waals surface area (Å²) in [5, 5.41) is 13.9. The van der Waals surface area contributed by atoms with Gasteiger partial charge in [0.1, 0.15) is 18.0 Å². The highest BCUT2D eigenvalue weighted by Crippen LogP contribution is 2.27. The van der Waals surface area contributed by atoms with Crippen LogP contribution in [-0.4, -0.2) is 31.1 Å². The van der Waals surface area contributed by atoms with Crippen molar-refractivity contribution in [3.63, 3.8) is 0 Å². The lowest BCUT2D eigenvalue weighted by Gasteiger charge is -2.15. The van der Waals surface area contributed by atoms with Crippen molar-refractivity contribution in [2.24, 2.45) is 0 Å². The van der Waals surface area contributed by atoms with Crippen molar-refractivity contribution >= 4 is 5.91 Å². The van der Waals surface area contributed by atoms with E-state index in [2.05, 4.69) is 25.8 Å². The second-order valence-electron chi connectivity index (χ2n) is 6.60. The van der Waals surface area contributed by atoms with Crippen LogP contribution in [0.5, 0.6) is 0 Å². The van der Waals surface area contributed by atoms with E-state index in [0.29, 0.717) is 16.9 Å². The smallest absolute Gasteiger partial charge is 0.251 e. The number of aromatic nitrogens is 5. The van der Waals surface area contributed by atoms with Crippen LogP contribution in [0.15, 0.2) is 67.1 Å². The molecule has 150 valence electrons. The number of hydrogen-bond acceptors (Lipinski definition) is 5. The first-order valence-electron chi connectivity index (χ1n) is 9.07. The quantitative estimate of drug-likeness (QED) is 0.548. The summed E-state index contributed by atoms with van der Waals surface area (Å²) in [5.74, 6) is -1.81. The molecule has 2 aromatic heterocycles. The number of rotatable bonds is 5. The Morgan fingerprint density at radius 3 is 2.67 bits per heavy atom. The van der Waals surface area contributed by atoms with Crippen LogP contribution in [0.2, 0.25) is 0 Å². The third kappa shape index (κ3) is 4.04. The molecule has 0 fully saturated rings. The second kappa shape index (κ2) is 8.16. The molecule has 30 heavy (non-hydrogen) atoms. The molecule has 2 aromatic carbocycles. The van der Waals surface area contributed by atoms with Crippen LogP contribution >= 0.6 is 0 Å². The highest BCUT2D eigenvalue weighted by Gasteiger charge is 2.16. The number of amides is 1. The fraction of sp³-hybridized carbons (Fsp3) is 0.0952. The molecule has 1 amide bonds. The summed E-state index contributed by atoms with van der Waals surface area (Å²) in [7, 11) is 0. The van der Waals surface area contributed by atoms with Crippen LogP contribution in [0, 0.1) is 11.6 Å². The van der Waals surface area contributed by atoms with E-state index in [-0.39, 0.29) is 23.1 Å². The van der Waals surface area contributed by atoms with Gasteiger partial charge in [-0.3, -0.25) is 9.78 Å². The predicted octanol–water partition coefficient (Wildman–Crippen LogP) is 3.49. The van der Waals surface area contributed by atoms with Gasteiger partial charge < -0.3 is 5.32 Å². The summed E-state index contributed by atoms with van der Waals surface area (Å²) in [6.45, 7) is 1.81. The molecule has 1 atom stereocenters. The zero-order valence-electron chi connectivity index (χ0n) is 15.8. The Balaban J connectivity index is 1.73. The Labute approximate surface area is 170 Å². The first-order valence-corrected chi connectivity index (χ1v) is 9.07. The van der Waals surface area contributed by atoms with Gasteiger partial charge in [0.25, 0.3) is 5.91 Å². The van der Waals surface area contributed by atoms with Crippen LogP contribution < -0.4 is 5.32 Å². The molecule has 9 heteroatoms. The molecule has 2 heterocycles. The number of halogens is 2. The van der Waals surface area contributed by atoms with Crippen molar-refractivity contribution in [2.45, 2.75) is 13.0 Å². The van der Waals surface area contributed by atoms with Gasteiger partial charge in [-0.15, -0.1) is 5.10 Å². The molecular formula is C21H16F2N6O. The van der Waals surface area contributed by atoms with E-state index in [4.69, 9.17) is 0 Å². The number of tetrazole rings is 1. The Hall–Kier alpha value is -4.01. The van der Waals surface area contributed by atoms with Gasteiger partial charge in [-0.1, -0.05) is 6.07 Å². The van der Waals surface area contributed by atoms with Crippen LogP contribution in [0.3, 0.4) is 0 Å². The first kappa shape index (κ1) is 19.3. The average molecular weight is 406 g/mol. The van der Waals surface area contributed by atoms with Gasteiger partial charge in [0, 0.05) is 23.4 Å². The SMILES string of the molecule is CC(NC(=O)c1cc(-c2ccc(F)cc2F)cc(-n2cnnn2)c1)c1ccccn1. The Kier molecular flexibility index (Phi) is 5.25. The highest BCUT2D eigenvalue weighted by molar-refractivity contribution is 5.96. The van der Waals surface area contributed by atoms with Crippen LogP contribution in [0.25, 0.3) is 16.8 Å². The summed E-state index contributed by atoms with van der Waals surface area (Å²) in [6.07, 6.45) is 3.00. The Bertz CT molecular complexity index is 1180. The van der Waals surface area contributed by atoms with Crippen LogP contribution in [-0.2, 0) is 0 Å². The molecule has 0 radical (unpaired) electrons. The first-order chi connectivity index (χ1) is 14.5. The Morgan fingerprint density at radius 2 is 1.97 bits per heavy atom. The molecule has 0 aliphatic rings. The minimum absolute atomic E-state index is 0.151. The lowest BCUT2D eigenvalue weighted by Crippen LogP contribution is -2.27. The molecule has 1 N–H and O–H groups in total. The third-order valence-corrected chi connectivity index (χ3v) is 4.51. The van der Waals surface area contributed by atoms with Crippen molar-refractivity contribution in [2.75, 3.05) is 0 Å². The molecule has 0 saturated heterocycles. The maximum atomic E-state index is 14.4. The standard InChI is InChI=1S/C21H16F2N6O/c1-13(20-4-2-3-7-24-20)26-21(30)15-8-14(18-6-5-16(22)11-19(18)23)9-17(10-15)29-12-25-27-28-29/h2-13H,1H3,(H,26,30). The zero-order valence-corrected chi connectivity index (χ0v) is 15.8. The van der Waals surface area contributed by atoms with Crippen molar-refractivity contribution in [1.29, 1.82) is 0 Å². The van der Waals surface area contributed by atoms with Gasteiger partial charge in [0.05, 0.1) is 17.4 Å². The molecule has 1 unspecified atom stereocenters. The molecule has 0 aliphatic carbocycles. The number of carbonyl (C=O) groups excluding carboxylic acids is 1. The maximum absolute atomic E-state index is 14.4. The summed E-state index contributed by atoms with van der Waals surface area (Å²) in [4.78, 5) is 17.2. The second-order valence-corrected chi connectivity index (χ2v) is 6.60. The number of hydrogen-bond donors (Lipinski definition) is 1. The fourth-order valence-corrected chi connectivity index (χ4v) is 3.02. The number of pyridine rings is 1. The van der Waals surface area contributed by atoms with E-state index in [1.165, 1.54) is 23.1 Å². The topological polar surface area (TPSA) is 85.6 Å². The maximum Gasteiger partial charge on any atom is 0.251 e. The molecular weight excluding hydrogens is 390 g/mol. The number of benzene rings is 2. The Morgan fingerprint density at radius 1 is 1.10 bits per heavy atom. The molecule has 7 nitrogen and oxygen atoms in total. The number of carbonyl (C=O) groups is 1. The van der Waals surface area contributed by atoms with E-state index in [1.807, 2.05) is 19.1 Å². The van der Waals surface area contributed by atoms with Gasteiger partial charge in [-0.2, -0.15) is 0 Å². The average Bonchev–Trinajstić information content (AvgIpc) is 3.29. The molecule has 0 aliphatic heterocycles. The van der Waals surface area contributed by atoms with Crippen LogP contribution in [0.1, 0.15) is 29.0 Å². The summed E-state index contributed by atoms with van der Waals surface area (Å²) >= 11 is 0. The van der Waals surface area contributed by atoms with Gasteiger partial charge in [-0.25, -0.2) is 13.5 Å².